The van der Waals surface area contributed by atoms with Crippen LogP contribution in [-0.4, -0.2) is 90.1 Å². The molecule has 1 rings (SSSR count). The molecule has 0 saturated carbocycles. The van der Waals surface area contributed by atoms with Crippen LogP contribution in [0, 0.1) is 0 Å². The first-order valence-corrected chi connectivity index (χ1v) is 11.8. The van der Waals surface area contributed by atoms with Crippen molar-refractivity contribution in [1.29, 1.82) is 0 Å². The van der Waals surface area contributed by atoms with Crippen molar-refractivity contribution in [1.82, 2.24) is 10.6 Å². The number of rotatable bonds is 20. The van der Waals surface area contributed by atoms with E-state index in [2.05, 4.69) is 23.8 Å². The van der Waals surface area contributed by atoms with Gasteiger partial charge in [-0.1, -0.05) is 19.2 Å². The smallest absolute Gasteiger partial charge is 0.407 e. The van der Waals surface area contributed by atoms with Gasteiger partial charge in [-0.3, -0.25) is 0 Å². The molecule has 0 fully saturated rings. The normalized spacial score (nSPS) is 9.89. The van der Waals surface area contributed by atoms with E-state index in [1.807, 2.05) is 0 Å². The van der Waals surface area contributed by atoms with Crippen molar-refractivity contribution < 1.29 is 52.3 Å². The van der Waals surface area contributed by atoms with Crippen LogP contribution in [0.15, 0.2) is 49.6 Å². The minimum Gasteiger partial charge on any atom is -0.491 e. The van der Waals surface area contributed by atoms with Gasteiger partial charge in [0, 0.05) is 31.2 Å². The van der Waals surface area contributed by atoms with Gasteiger partial charge in [-0.15, -0.1) is 0 Å². The Balaban J connectivity index is 2.03. The van der Waals surface area contributed by atoms with Crippen LogP contribution in [0.25, 0.3) is 0 Å². The topological polar surface area (TPSA) is 157 Å². The zero-order chi connectivity index (χ0) is 27.8. The summed E-state index contributed by atoms with van der Waals surface area (Å²) in [6, 6.07) is 6.95. The lowest BCUT2D eigenvalue weighted by Gasteiger charge is -2.11. The minimum absolute atomic E-state index is 0.0145. The van der Waals surface area contributed by atoms with Crippen LogP contribution < -0.4 is 20.1 Å². The second-order valence-electron chi connectivity index (χ2n) is 7.01. The number of hydrogen-bond donors (Lipinski definition) is 2. The van der Waals surface area contributed by atoms with E-state index in [1.165, 1.54) is 0 Å². The predicted molar refractivity (Wildman–Crippen MR) is 134 cm³/mol. The molecule has 0 unspecified atom stereocenters. The maximum Gasteiger partial charge on any atom is 0.407 e. The van der Waals surface area contributed by atoms with Crippen molar-refractivity contribution in [2.24, 2.45) is 0 Å². The van der Waals surface area contributed by atoms with E-state index in [0.29, 0.717) is 37.7 Å². The van der Waals surface area contributed by atoms with E-state index in [-0.39, 0.29) is 46.1 Å². The number of carbonyl (C=O) groups excluding carboxylic acids is 4. The highest BCUT2D eigenvalue weighted by atomic mass is 16.6. The first-order valence-electron chi connectivity index (χ1n) is 11.8. The molecule has 1 aromatic rings. The molecule has 210 valence electrons. The lowest BCUT2D eigenvalue weighted by atomic mass is 10.3. The Bertz CT molecular complexity index is 892. The number of amides is 2. The van der Waals surface area contributed by atoms with Gasteiger partial charge in [-0.25, -0.2) is 19.2 Å². The predicted octanol–water partition coefficient (Wildman–Crippen LogP) is 1.76. The Morgan fingerprint density at radius 1 is 0.658 bits per heavy atom. The number of esters is 2. The van der Waals surface area contributed by atoms with Gasteiger partial charge in [0.1, 0.15) is 44.5 Å². The van der Waals surface area contributed by atoms with E-state index in [4.69, 9.17) is 33.2 Å². The summed E-state index contributed by atoms with van der Waals surface area (Å²) < 4.78 is 36.0. The number of nitrogens with one attached hydrogen (secondary N) is 2. The van der Waals surface area contributed by atoms with Gasteiger partial charge in [0.15, 0.2) is 0 Å². The maximum atomic E-state index is 11.5. The molecule has 0 spiro atoms. The zero-order valence-corrected chi connectivity index (χ0v) is 21.1. The van der Waals surface area contributed by atoms with Crippen molar-refractivity contribution in [3.63, 3.8) is 0 Å². The van der Waals surface area contributed by atoms with E-state index in [1.54, 1.807) is 24.3 Å². The SMILES string of the molecule is C=CC(=O)OCCNC(=O)OCCCOCCOc1cccc(OCCOC(=O)NCCOC(=O)C=C)c1. The minimum atomic E-state index is -0.654. The van der Waals surface area contributed by atoms with E-state index in [9.17, 15) is 19.2 Å². The molecule has 0 aliphatic rings. The summed E-state index contributed by atoms with van der Waals surface area (Å²) in [5.74, 6) is -0.00735. The lowest BCUT2D eigenvalue weighted by molar-refractivity contribution is -0.138. The standard InChI is InChI=1S/C25H34N2O11/c1-3-22(28)35-13-9-26-24(30)37-12-6-11-32-15-16-33-20-7-5-8-21(19-20)34-17-18-38-25(31)27-10-14-36-23(29)4-2/h3-5,7-8,19H,1-2,6,9-18H2,(H,26,30)(H,27,31). The Kier molecular flexibility index (Phi) is 17.5. The fourth-order valence-electron chi connectivity index (χ4n) is 2.42. The number of hydrogen-bond acceptors (Lipinski definition) is 11. The molecule has 0 saturated heterocycles. The second-order valence-corrected chi connectivity index (χ2v) is 7.01. The molecule has 0 heterocycles. The van der Waals surface area contributed by atoms with E-state index >= 15 is 0 Å². The Morgan fingerprint density at radius 2 is 1.18 bits per heavy atom. The summed E-state index contributed by atoms with van der Waals surface area (Å²) in [5, 5.41) is 4.88. The molecule has 2 N–H and O–H groups in total. The average molecular weight is 539 g/mol. The Morgan fingerprint density at radius 3 is 1.74 bits per heavy atom. The quantitative estimate of drug-likeness (QED) is 0.108. The first kappa shape index (κ1) is 31.8. The molecule has 0 atom stereocenters. The average Bonchev–Trinajstić information content (AvgIpc) is 2.92. The van der Waals surface area contributed by atoms with Crippen LogP contribution in [0.3, 0.4) is 0 Å². The van der Waals surface area contributed by atoms with Gasteiger partial charge in [-0.05, 0) is 12.1 Å². The molecule has 0 aliphatic heterocycles. The van der Waals surface area contributed by atoms with Crippen LogP contribution in [0.4, 0.5) is 9.59 Å². The van der Waals surface area contributed by atoms with Gasteiger partial charge in [0.25, 0.3) is 0 Å². The highest BCUT2D eigenvalue weighted by molar-refractivity contribution is 5.81. The molecule has 1 aromatic carbocycles. The number of ether oxygens (including phenoxy) is 7. The molecule has 0 aliphatic carbocycles. The van der Waals surface area contributed by atoms with Gasteiger partial charge >= 0.3 is 24.1 Å². The van der Waals surface area contributed by atoms with Crippen LogP contribution in [0.1, 0.15) is 6.42 Å². The van der Waals surface area contributed by atoms with E-state index in [0.717, 1.165) is 12.2 Å². The fraction of sp³-hybridized carbons (Fsp3) is 0.440. The monoisotopic (exact) mass is 538 g/mol. The summed E-state index contributed by atoms with van der Waals surface area (Å²) in [5.41, 5.74) is 0. The summed E-state index contributed by atoms with van der Waals surface area (Å²) in [6.07, 6.45) is 1.32. The third-order valence-corrected chi connectivity index (χ3v) is 4.12. The number of alkyl carbamates (subject to hydrolysis) is 2. The molecule has 0 radical (unpaired) electrons. The highest BCUT2D eigenvalue weighted by Crippen LogP contribution is 2.19. The third kappa shape index (κ3) is 17.2. The lowest BCUT2D eigenvalue weighted by Crippen LogP contribution is -2.29. The molecular weight excluding hydrogens is 504 g/mol. The van der Waals surface area contributed by atoms with Crippen LogP contribution in [-0.2, 0) is 33.3 Å². The van der Waals surface area contributed by atoms with Crippen LogP contribution in [0.5, 0.6) is 11.5 Å². The van der Waals surface area contributed by atoms with E-state index < -0.39 is 24.1 Å². The summed E-state index contributed by atoms with van der Waals surface area (Å²) in [6.45, 7) is 8.18. The molecule has 13 heteroatoms. The highest BCUT2D eigenvalue weighted by Gasteiger charge is 2.04. The Hall–Kier alpha value is -4.26. The molecule has 2 amide bonds. The Labute approximate surface area is 221 Å². The molecule has 38 heavy (non-hydrogen) atoms. The third-order valence-electron chi connectivity index (χ3n) is 4.12. The largest absolute Gasteiger partial charge is 0.491 e. The van der Waals surface area contributed by atoms with Gasteiger partial charge in [0.05, 0.1) is 26.3 Å². The number of carbonyl (C=O) groups is 4. The number of benzene rings is 1. The van der Waals surface area contributed by atoms with Crippen molar-refractivity contribution in [3.05, 3.63) is 49.6 Å². The molecular formula is C25H34N2O11. The summed E-state index contributed by atoms with van der Waals surface area (Å²) in [7, 11) is 0. The first-order chi connectivity index (χ1) is 18.4. The second kappa shape index (κ2) is 20.9. The summed E-state index contributed by atoms with van der Waals surface area (Å²) in [4.78, 5) is 44.7. The van der Waals surface area contributed by atoms with Crippen LogP contribution in [0.2, 0.25) is 0 Å². The molecule has 0 aromatic heterocycles. The van der Waals surface area contributed by atoms with Crippen molar-refractivity contribution in [3.8, 4) is 11.5 Å². The van der Waals surface area contributed by atoms with Crippen LogP contribution >= 0.6 is 0 Å². The van der Waals surface area contributed by atoms with Gasteiger partial charge in [-0.2, -0.15) is 0 Å². The molecule has 0 bridgehead atoms. The van der Waals surface area contributed by atoms with Crippen molar-refractivity contribution >= 4 is 24.1 Å². The molecule has 13 nitrogen and oxygen atoms in total. The maximum absolute atomic E-state index is 11.5. The summed E-state index contributed by atoms with van der Waals surface area (Å²) >= 11 is 0. The van der Waals surface area contributed by atoms with Crippen molar-refractivity contribution in [2.45, 2.75) is 6.42 Å². The van der Waals surface area contributed by atoms with Gasteiger partial charge in [0.2, 0.25) is 0 Å². The van der Waals surface area contributed by atoms with Gasteiger partial charge < -0.3 is 43.8 Å². The fourth-order valence-corrected chi connectivity index (χ4v) is 2.42. The zero-order valence-electron chi connectivity index (χ0n) is 21.1. The van der Waals surface area contributed by atoms with Crippen molar-refractivity contribution in [2.75, 3.05) is 65.9 Å².